The van der Waals surface area contributed by atoms with Gasteiger partial charge in [-0.25, -0.2) is 17.6 Å². The van der Waals surface area contributed by atoms with E-state index in [4.69, 9.17) is 27.8 Å². The molecule has 7 rings (SSSR count). The summed E-state index contributed by atoms with van der Waals surface area (Å²) >= 11 is 7.39. The maximum absolute atomic E-state index is 14.6. The molecule has 0 heterocycles. The third-order valence-electron chi connectivity index (χ3n) is 19.6. The molecule has 13 unspecified atom stereocenters. The molecule has 0 amide bonds. The minimum absolute atomic E-state index is 0. The number of hydrogen-bond acceptors (Lipinski definition) is 11. The Balaban J connectivity index is 0.00000151. The number of rotatable bonds is 39. The SMILES string of the molecule is CCCC/C=C\C[C@H]1C(O)CC(F)[C@@H]1/C=C/C(O)COc1cccc(C(F)(F)F)c1.CCCC/C=C\C[C@H]1C(OP)CC(F)[C@@H]1/C=C/C(=O)COc1cccc(C(F)(F)F)c1.CCCC/C=C\C[C@H]1C(OP)CC(F)[C@@H]1/C=C/C(O)COc1cccc(C(F)(F)F)c1.CCCC/C=C\C[C@H]1C(OP)CC(F)[C@@H]1C=O.[3HH].[3HH].[3HH].[I][V]([I])[I]. The number of aldehydes is 1. The van der Waals surface area contributed by atoms with Gasteiger partial charge in [0.05, 0.1) is 47.0 Å². The molecule has 21 atom stereocenters. The van der Waals surface area contributed by atoms with Crippen molar-refractivity contribution in [3.05, 3.63) is 175 Å². The second-order valence-electron chi connectivity index (χ2n) is 28.0. The van der Waals surface area contributed by atoms with Gasteiger partial charge in [-0.3, -0.25) is 4.79 Å². The third-order valence-corrected chi connectivity index (χ3v) is 20.7. The van der Waals surface area contributed by atoms with E-state index < -0.39 is 114 Å². The van der Waals surface area contributed by atoms with Crippen molar-refractivity contribution >= 4 is 100 Å². The van der Waals surface area contributed by atoms with Crippen molar-refractivity contribution in [2.24, 2.45) is 47.3 Å². The summed E-state index contributed by atoms with van der Waals surface area (Å²) in [6, 6.07) is 13.2. The minimum atomic E-state index is -4.49. The van der Waals surface area contributed by atoms with Crippen LogP contribution < -0.4 is 14.2 Å². The van der Waals surface area contributed by atoms with E-state index in [1.165, 1.54) is 73.5 Å². The molecule has 4 fully saturated rings. The number of halogens is 16. The van der Waals surface area contributed by atoms with Crippen LogP contribution in [0.1, 0.15) is 177 Å². The van der Waals surface area contributed by atoms with Crippen molar-refractivity contribution in [2.45, 2.75) is 236 Å². The van der Waals surface area contributed by atoms with E-state index in [-0.39, 0.29) is 101 Å². The molecular formula is C82H118F13I3O11P3V. The Kier molecular flexibility index (Phi) is 53.4. The number of ether oxygens (including phenoxy) is 3. The number of allylic oxidation sites excluding steroid dienone is 11. The summed E-state index contributed by atoms with van der Waals surface area (Å²) in [5.74, 6) is -2.85. The first-order valence-electron chi connectivity index (χ1n) is 38.2. The number of aliphatic hydroxyl groups excluding tert-OH is 3. The third kappa shape index (κ3) is 41.1. The number of alkyl halides is 13. The summed E-state index contributed by atoms with van der Waals surface area (Å²) in [6.07, 6.45) is 21.0. The monoisotopic (exact) mass is 2060 g/mol. The van der Waals surface area contributed by atoms with Crippen LogP contribution in [0.5, 0.6) is 17.2 Å². The Morgan fingerprint density at radius 3 is 1.12 bits per heavy atom. The molecule has 4 saturated carbocycles. The molecule has 0 spiro atoms. The van der Waals surface area contributed by atoms with Gasteiger partial charge in [0, 0.05) is 82.0 Å². The van der Waals surface area contributed by atoms with Crippen LogP contribution in [0.25, 0.3) is 0 Å². The van der Waals surface area contributed by atoms with E-state index in [0.717, 1.165) is 113 Å². The van der Waals surface area contributed by atoms with E-state index in [2.05, 4.69) is 146 Å². The molecule has 0 bridgehead atoms. The molecule has 31 heteroatoms. The number of hydrogen-bond donors (Lipinski definition) is 3. The van der Waals surface area contributed by atoms with E-state index >= 15 is 0 Å². The number of ketones is 1. The van der Waals surface area contributed by atoms with Crippen LogP contribution in [0.2, 0.25) is 0 Å². The topological polar surface area (TPSA) is 150 Å². The molecule has 0 aromatic heterocycles. The van der Waals surface area contributed by atoms with Gasteiger partial charge in [0.25, 0.3) is 0 Å². The molecule has 3 N–H and O–H groups in total. The fourth-order valence-electron chi connectivity index (χ4n) is 13.5. The molecule has 644 valence electrons. The maximum atomic E-state index is 14.6. The Hall–Kier alpha value is -2.51. The fourth-order valence-corrected chi connectivity index (χ4v) is 14.4. The first-order chi connectivity index (χ1) is 53.7. The number of carbonyl (C=O) groups is 2. The van der Waals surface area contributed by atoms with Crippen molar-refractivity contribution in [3.63, 3.8) is 0 Å². The zero-order valence-corrected chi connectivity index (χ0v) is 75.4. The molecular weight excluding hydrogens is 1930 g/mol. The van der Waals surface area contributed by atoms with Gasteiger partial charge >= 0.3 is 83.4 Å². The molecule has 113 heavy (non-hydrogen) atoms. The van der Waals surface area contributed by atoms with Gasteiger partial charge in [0.1, 0.15) is 73.6 Å². The van der Waals surface area contributed by atoms with Crippen LogP contribution >= 0.6 is 88.3 Å². The fraction of sp³-hybridized carbons (Fsp3) is 0.585. The summed E-state index contributed by atoms with van der Waals surface area (Å²) in [7, 11) is 6.58. The Labute approximate surface area is 708 Å². The molecule has 0 aliphatic heterocycles. The van der Waals surface area contributed by atoms with E-state index in [1.54, 1.807) is 12.2 Å². The average Bonchev–Trinajstić information content (AvgIpc) is 1.63. The van der Waals surface area contributed by atoms with Crippen LogP contribution in [0, 0.1) is 47.3 Å². The number of aliphatic hydroxyl groups is 3. The molecule has 3 aromatic carbocycles. The van der Waals surface area contributed by atoms with Crippen molar-refractivity contribution in [3.8, 4) is 17.2 Å². The number of carbonyl (C=O) groups excluding carboxylic acids is 2. The number of unbranched alkanes of at least 4 members (excludes halogenated alkanes) is 8. The first-order valence-corrected chi connectivity index (χ1v) is 53.1. The van der Waals surface area contributed by atoms with Gasteiger partial charge in [-0.2, -0.15) is 39.5 Å². The van der Waals surface area contributed by atoms with Crippen LogP contribution in [-0.4, -0.2) is 109 Å². The standard InChI is InChI=1S/C23H31F4O3P.C23H29F4O3P.C23H30F4O3.C13H22FO2P.3HI.V.3H2/c2*1-2-3-4-5-6-10-20-19(21(24)14-22(20)30-31)12-11-17(28)15-29-18-9-7-8-16(13-18)23(25,26)27;1-2-3-4-5-6-10-20-19(21(24)14-22(20)29)12-11-17(28)15-30-18-9-7-8-16(13-18)23(25,26)27;1-2-3-4-5-6-7-10-11(9-15)12(14)8-13(10)16-17;;;;;;;/h5-9,11-13,17,19-22,28H,2-4,10,14-15,31H2,1H3;5-9,11-13,19-22H,2-4,10,14-15,31H2,1H3;5-9,11-13,17,19-22,28-29H,2-4,10,14-15H2,1H3;5-6,9-13H,2-4,7-8,17H2,1H3;3*1H;;3*1H/q;;;;;;;+3;;;/p-3/b3*6-5-,12-11+;6-5-;;;;;;;/t17?,19-,20-,21?,22?;19-,20-,21?,22?;17?,19-,20-,21?,22?;10-,11-,12?,13?;;;;;;;/m1111......./s1/i;;;;;;;;3*1+2. The van der Waals surface area contributed by atoms with Crippen molar-refractivity contribution in [1.29, 1.82) is 0 Å². The molecule has 4 aliphatic rings. The quantitative estimate of drug-likeness (QED) is 0.00953. The van der Waals surface area contributed by atoms with Crippen LogP contribution in [0.4, 0.5) is 57.1 Å². The average molecular weight is 2060 g/mol. The van der Waals surface area contributed by atoms with E-state index in [0.29, 0.717) is 25.7 Å². The van der Waals surface area contributed by atoms with Crippen molar-refractivity contribution in [2.75, 3.05) is 19.8 Å². The zero-order chi connectivity index (χ0) is 84.1. The van der Waals surface area contributed by atoms with Gasteiger partial charge in [0.2, 0.25) is 0 Å². The van der Waals surface area contributed by atoms with Gasteiger partial charge in [-0.1, -0.05) is 176 Å². The molecule has 0 saturated heterocycles. The summed E-state index contributed by atoms with van der Waals surface area (Å²) in [4.78, 5) is 22.8. The zero-order valence-electron chi connectivity index (χ0n) is 64.1. The van der Waals surface area contributed by atoms with Gasteiger partial charge in [-0.05, 0) is 130 Å². The summed E-state index contributed by atoms with van der Waals surface area (Å²) in [5.41, 5.74) is -2.50. The molecule has 0 radical (unpaired) electrons. The Bertz CT molecular complexity index is 3360. The van der Waals surface area contributed by atoms with Crippen molar-refractivity contribution in [1.82, 2.24) is 0 Å². The number of benzene rings is 3. The van der Waals surface area contributed by atoms with Gasteiger partial charge < -0.3 is 47.9 Å². The van der Waals surface area contributed by atoms with Crippen LogP contribution in [0.15, 0.2) is 158 Å². The first kappa shape index (κ1) is 105. The molecule has 11 nitrogen and oxygen atoms in total. The van der Waals surface area contributed by atoms with Gasteiger partial charge in [0.15, 0.2) is 12.4 Å². The van der Waals surface area contributed by atoms with E-state index in [9.17, 15) is 82.0 Å². The van der Waals surface area contributed by atoms with Crippen molar-refractivity contribution < 1.29 is 119 Å². The normalized spacial score (nSPS) is 25.9. The second-order valence-corrected chi connectivity index (χ2v) is 64.2. The predicted octanol–water partition coefficient (Wildman–Crippen LogP) is 25.1. The summed E-state index contributed by atoms with van der Waals surface area (Å²) in [6.45, 7) is 7.58. The summed E-state index contributed by atoms with van der Waals surface area (Å²) in [5, 5.41) is 30.4. The molecule has 4 aliphatic carbocycles. The Morgan fingerprint density at radius 1 is 0.487 bits per heavy atom. The Morgan fingerprint density at radius 2 is 0.788 bits per heavy atom. The van der Waals surface area contributed by atoms with Gasteiger partial charge in [-0.15, -0.1) is 0 Å². The molecule has 3 aromatic rings. The van der Waals surface area contributed by atoms with Crippen LogP contribution in [-0.2, 0) is 46.6 Å². The van der Waals surface area contributed by atoms with E-state index in [1.807, 2.05) is 18.2 Å². The second kappa shape index (κ2) is 57.7. The predicted molar refractivity (Wildman–Crippen MR) is 459 cm³/mol. The summed E-state index contributed by atoms with van der Waals surface area (Å²) < 4.78 is 203. The van der Waals surface area contributed by atoms with Crippen LogP contribution in [0.3, 0.4) is 0 Å².